The quantitative estimate of drug-likeness (QED) is 0.0282. The van der Waals surface area contributed by atoms with Crippen molar-refractivity contribution in [3.63, 3.8) is 0 Å². The summed E-state index contributed by atoms with van der Waals surface area (Å²) in [5.41, 5.74) is 5.36. The second-order valence-electron chi connectivity index (χ2n) is 13.4. The summed E-state index contributed by atoms with van der Waals surface area (Å²) in [6.07, 6.45) is 52.0. The van der Waals surface area contributed by atoms with E-state index in [1.54, 1.807) is 6.08 Å². The number of nitrogens with one attached hydrogen (secondary N) is 1. The second kappa shape index (κ2) is 39.4. The minimum atomic E-state index is -4.35. The summed E-state index contributed by atoms with van der Waals surface area (Å²) in [5, 5.41) is 13.6. The monoisotopic (exact) mass is 761 g/mol. The van der Waals surface area contributed by atoms with Crippen molar-refractivity contribution >= 4 is 13.7 Å². The first-order chi connectivity index (χ1) is 25.9. The SMILES string of the molecule is CC/C=C\C/C=C\C/C=C\C/C=C\CCCCCCCCCCC(=O)NC(COP(=O)(O)OCCN)C(O)/C=C/CC/C=C/CC/C=C/CCCCC. The molecular formula is C44H77N2O6P. The third-order valence-corrected chi connectivity index (χ3v) is 9.42. The molecule has 5 N–H and O–H groups in total. The first-order valence-electron chi connectivity index (χ1n) is 20.7. The number of hydrogen-bond acceptors (Lipinski definition) is 6. The topological polar surface area (TPSA) is 131 Å². The Labute approximate surface area is 324 Å². The van der Waals surface area contributed by atoms with Gasteiger partial charge in [-0.15, -0.1) is 0 Å². The summed E-state index contributed by atoms with van der Waals surface area (Å²) in [6, 6.07) is -0.892. The summed E-state index contributed by atoms with van der Waals surface area (Å²) in [7, 11) is -4.35. The molecule has 1 amide bonds. The van der Waals surface area contributed by atoms with E-state index in [2.05, 4.69) is 92.1 Å². The number of nitrogens with two attached hydrogens (primary N) is 1. The number of rotatable bonds is 37. The van der Waals surface area contributed by atoms with Crippen LogP contribution in [-0.4, -0.2) is 47.8 Å². The van der Waals surface area contributed by atoms with Gasteiger partial charge in [0.25, 0.3) is 0 Å². The van der Waals surface area contributed by atoms with E-state index in [0.29, 0.717) is 6.42 Å². The predicted molar refractivity (Wildman–Crippen MR) is 226 cm³/mol. The number of amides is 1. The lowest BCUT2D eigenvalue weighted by molar-refractivity contribution is -0.123. The molecule has 0 spiro atoms. The minimum absolute atomic E-state index is 0.0658. The molecule has 0 rings (SSSR count). The molecule has 0 radical (unpaired) electrons. The average Bonchev–Trinajstić information content (AvgIpc) is 3.14. The van der Waals surface area contributed by atoms with Gasteiger partial charge < -0.3 is 21.1 Å². The van der Waals surface area contributed by atoms with Gasteiger partial charge >= 0.3 is 7.82 Å². The third kappa shape index (κ3) is 37.8. The Kier molecular flexibility index (Phi) is 37.7. The molecule has 0 bridgehead atoms. The number of carbonyl (C=O) groups excluding carboxylic acids is 1. The van der Waals surface area contributed by atoms with E-state index in [4.69, 9.17) is 14.8 Å². The smallest absolute Gasteiger partial charge is 0.387 e. The van der Waals surface area contributed by atoms with E-state index in [-0.39, 0.29) is 25.7 Å². The molecule has 3 atom stereocenters. The highest BCUT2D eigenvalue weighted by atomic mass is 31.2. The maximum atomic E-state index is 12.7. The number of phosphoric acid groups is 1. The number of unbranched alkanes of at least 4 members (excludes halogenated alkanes) is 13. The van der Waals surface area contributed by atoms with Gasteiger partial charge in [-0.25, -0.2) is 4.57 Å². The first-order valence-corrected chi connectivity index (χ1v) is 22.2. The van der Waals surface area contributed by atoms with Crippen LogP contribution in [0.15, 0.2) is 85.1 Å². The second-order valence-corrected chi connectivity index (χ2v) is 14.9. The summed E-state index contributed by atoms with van der Waals surface area (Å²) in [4.78, 5) is 22.7. The summed E-state index contributed by atoms with van der Waals surface area (Å²) < 4.78 is 22.1. The molecule has 0 aromatic carbocycles. The molecule has 0 aliphatic carbocycles. The maximum absolute atomic E-state index is 12.7. The third-order valence-electron chi connectivity index (χ3n) is 8.43. The zero-order valence-corrected chi connectivity index (χ0v) is 34.4. The molecule has 0 aromatic rings. The number of aliphatic hydroxyl groups is 1. The van der Waals surface area contributed by atoms with Gasteiger partial charge in [-0.1, -0.05) is 150 Å². The number of carbonyl (C=O) groups is 1. The van der Waals surface area contributed by atoms with Crippen LogP contribution < -0.4 is 11.1 Å². The first kappa shape index (κ1) is 50.7. The maximum Gasteiger partial charge on any atom is 0.472 e. The zero-order chi connectivity index (χ0) is 38.9. The lowest BCUT2D eigenvalue weighted by Gasteiger charge is -2.23. The predicted octanol–water partition coefficient (Wildman–Crippen LogP) is 11.4. The van der Waals surface area contributed by atoms with E-state index in [0.717, 1.165) is 89.9 Å². The molecule has 9 heteroatoms. The largest absolute Gasteiger partial charge is 0.472 e. The van der Waals surface area contributed by atoms with Crippen molar-refractivity contribution in [2.24, 2.45) is 5.73 Å². The van der Waals surface area contributed by atoms with Gasteiger partial charge in [0.05, 0.1) is 25.4 Å². The Balaban J connectivity index is 4.29. The van der Waals surface area contributed by atoms with Crippen molar-refractivity contribution < 1.29 is 28.4 Å². The highest BCUT2D eigenvalue weighted by molar-refractivity contribution is 7.47. The minimum Gasteiger partial charge on any atom is -0.387 e. The molecule has 3 unspecified atom stereocenters. The normalized spacial score (nSPS) is 15.0. The van der Waals surface area contributed by atoms with Crippen LogP contribution in [0.4, 0.5) is 0 Å². The number of hydrogen-bond donors (Lipinski definition) is 4. The van der Waals surface area contributed by atoms with Crippen LogP contribution in [0.25, 0.3) is 0 Å². The van der Waals surface area contributed by atoms with E-state index in [1.807, 2.05) is 6.08 Å². The molecule has 0 aromatic heterocycles. The molecule has 304 valence electrons. The summed E-state index contributed by atoms with van der Waals surface area (Å²) in [5.74, 6) is -0.222. The van der Waals surface area contributed by atoms with Crippen molar-refractivity contribution in [3.05, 3.63) is 85.1 Å². The molecule has 0 aliphatic heterocycles. The van der Waals surface area contributed by atoms with Crippen molar-refractivity contribution in [2.45, 2.75) is 167 Å². The molecule has 0 saturated carbocycles. The van der Waals surface area contributed by atoms with Crippen molar-refractivity contribution in [1.29, 1.82) is 0 Å². The molecule has 0 heterocycles. The Morgan fingerprint density at radius 2 is 1.11 bits per heavy atom. The van der Waals surface area contributed by atoms with Crippen molar-refractivity contribution in [1.82, 2.24) is 5.32 Å². The lowest BCUT2D eigenvalue weighted by atomic mass is 10.1. The summed E-state index contributed by atoms with van der Waals surface area (Å²) >= 11 is 0. The Morgan fingerprint density at radius 3 is 1.68 bits per heavy atom. The fraction of sp³-hybridized carbons (Fsp3) is 0.659. The van der Waals surface area contributed by atoms with Crippen LogP contribution in [0.2, 0.25) is 0 Å². The van der Waals surface area contributed by atoms with Gasteiger partial charge in [-0.2, -0.15) is 0 Å². The van der Waals surface area contributed by atoms with Crippen LogP contribution in [0.5, 0.6) is 0 Å². The highest BCUT2D eigenvalue weighted by Gasteiger charge is 2.26. The van der Waals surface area contributed by atoms with Crippen molar-refractivity contribution in [2.75, 3.05) is 19.8 Å². The molecule has 0 fully saturated rings. The Morgan fingerprint density at radius 1 is 0.642 bits per heavy atom. The Bertz CT molecular complexity index is 1100. The summed E-state index contributed by atoms with van der Waals surface area (Å²) in [6.45, 7) is 3.93. The van der Waals surface area contributed by atoms with E-state index < -0.39 is 20.0 Å². The molecule has 53 heavy (non-hydrogen) atoms. The fourth-order valence-electron chi connectivity index (χ4n) is 5.33. The van der Waals surface area contributed by atoms with Gasteiger partial charge in [0.2, 0.25) is 5.91 Å². The molecular weight excluding hydrogens is 683 g/mol. The fourth-order valence-corrected chi connectivity index (χ4v) is 6.09. The molecule has 0 aliphatic rings. The average molecular weight is 761 g/mol. The van der Waals surface area contributed by atoms with E-state index in [1.165, 1.54) is 44.9 Å². The Hall–Kier alpha value is -2.32. The van der Waals surface area contributed by atoms with E-state index >= 15 is 0 Å². The van der Waals surface area contributed by atoms with Crippen molar-refractivity contribution in [3.8, 4) is 0 Å². The van der Waals surface area contributed by atoms with Crippen LogP contribution in [0.1, 0.15) is 155 Å². The van der Waals surface area contributed by atoms with Gasteiger partial charge in [-0.05, 0) is 83.5 Å². The highest BCUT2D eigenvalue weighted by Crippen LogP contribution is 2.43. The van der Waals surface area contributed by atoms with E-state index in [9.17, 15) is 19.4 Å². The van der Waals surface area contributed by atoms with Crippen LogP contribution in [0.3, 0.4) is 0 Å². The number of allylic oxidation sites excluding steroid dienone is 13. The lowest BCUT2D eigenvalue weighted by Crippen LogP contribution is -2.45. The van der Waals surface area contributed by atoms with Gasteiger partial charge in [0.1, 0.15) is 0 Å². The van der Waals surface area contributed by atoms with Crippen LogP contribution in [0, 0.1) is 0 Å². The molecule has 8 nitrogen and oxygen atoms in total. The standard InChI is InChI=1S/C44H77N2O6P/c1-3-5-7-9-11-13-15-17-18-19-20-21-22-23-24-26-28-30-32-34-36-38-44(48)46-42(41-52-53(49,50)51-40-39-45)43(47)37-35-33-31-29-27-25-16-14-12-10-8-6-4-2/h5,7,11-14,17-18,20-21,27,29,35,37,42-43,47H,3-4,6,8-10,15-16,19,22-26,28,30-34,36,38-41,45H2,1-2H3,(H,46,48)(H,49,50)/b7-5-,13-11-,14-12+,18-17-,21-20-,29-27+,37-35+. The van der Waals surface area contributed by atoms with Gasteiger partial charge in [-0.3, -0.25) is 13.8 Å². The van der Waals surface area contributed by atoms with Gasteiger partial charge in [0.15, 0.2) is 0 Å². The molecule has 0 saturated heterocycles. The van der Waals surface area contributed by atoms with Crippen LogP contribution >= 0.6 is 7.82 Å². The van der Waals surface area contributed by atoms with Gasteiger partial charge in [0, 0.05) is 13.0 Å². The number of phosphoric ester groups is 1. The number of aliphatic hydroxyl groups excluding tert-OH is 1. The zero-order valence-electron chi connectivity index (χ0n) is 33.5. The van der Waals surface area contributed by atoms with Crippen LogP contribution in [-0.2, 0) is 18.4 Å².